The quantitative estimate of drug-likeness (QED) is 0.412. The van der Waals surface area contributed by atoms with Gasteiger partial charge in [-0.3, -0.25) is 19.2 Å². The van der Waals surface area contributed by atoms with Crippen LogP contribution in [-0.4, -0.2) is 80.9 Å². The Kier molecular flexibility index (Phi) is 12.2. The van der Waals surface area contributed by atoms with Gasteiger partial charge in [-0.15, -0.1) is 0 Å². The van der Waals surface area contributed by atoms with E-state index < -0.39 is 18.0 Å². The summed E-state index contributed by atoms with van der Waals surface area (Å²) in [4.78, 5) is 53.5. The lowest BCUT2D eigenvalue weighted by Crippen LogP contribution is -2.50. The van der Waals surface area contributed by atoms with Crippen LogP contribution in [0, 0.1) is 5.92 Å². The first-order chi connectivity index (χ1) is 17.2. The maximum atomic E-state index is 13.1. The third-order valence-corrected chi connectivity index (χ3v) is 5.73. The van der Waals surface area contributed by atoms with E-state index in [1.807, 2.05) is 32.8 Å². The molecule has 1 heterocycles. The number of nitrogens with one attached hydrogen (secondary N) is 4. The zero-order valence-corrected chi connectivity index (χ0v) is 21.9. The summed E-state index contributed by atoms with van der Waals surface area (Å²) >= 11 is 0. The molecule has 0 saturated heterocycles. The summed E-state index contributed by atoms with van der Waals surface area (Å²) in [5.74, 6) is -0.789. The number of ether oxygens (including phenoxy) is 1. The third-order valence-electron chi connectivity index (χ3n) is 5.73. The van der Waals surface area contributed by atoms with Crippen LogP contribution < -0.4 is 26.0 Å². The Morgan fingerprint density at radius 1 is 1.17 bits per heavy atom. The van der Waals surface area contributed by atoms with E-state index in [2.05, 4.69) is 21.3 Å². The number of hydrogen-bond donors (Lipinski definition) is 4. The maximum absolute atomic E-state index is 13.1. The van der Waals surface area contributed by atoms with Crippen molar-refractivity contribution >= 4 is 23.6 Å². The zero-order chi connectivity index (χ0) is 26.5. The second-order valence-electron chi connectivity index (χ2n) is 9.75. The average Bonchev–Trinajstić information content (AvgIpc) is 2.82. The van der Waals surface area contributed by atoms with Crippen LogP contribution >= 0.6 is 0 Å². The predicted octanol–water partition coefficient (Wildman–Crippen LogP) is 1.06. The maximum Gasteiger partial charge on any atom is 0.255 e. The molecule has 0 spiro atoms. The van der Waals surface area contributed by atoms with Gasteiger partial charge in [0.1, 0.15) is 17.8 Å². The average molecular weight is 504 g/mol. The fraction of sp³-hybridized carbons (Fsp3) is 0.615. The molecule has 1 aliphatic rings. The van der Waals surface area contributed by atoms with Gasteiger partial charge in [-0.05, 0) is 64.4 Å². The lowest BCUT2D eigenvalue weighted by molar-refractivity contribution is -0.129. The summed E-state index contributed by atoms with van der Waals surface area (Å²) in [6, 6.07) is 5.23. The third kappa shape index (κ3) is 10.2. The SMILES string of the molecule is CC(C)CC1NC(=O)CC[C@@H](C(=O)NCCCN(C)C)NC(=O)c2ccccc2OCCCNC1=O. The van der Waals surface area contributed by atoms with Crippen molar-refractivity contribution in [3.05, 3.63) is 29.8 Å². The molecule has 1 aliphatic heterocycles. The Labute approximate surface area is 213 Å². The van der Waals surface area contributed by atoms with Crippen LogP contribution in [0.1, 0.15) is 56.3 Å². The van der Waals surface area contributed by atoms with Gasteiger partial charge in [-0.25, -0.2) is 0 Å². The van der Waals surface area contributed by atoms with Crippen LogP contribution in [0.4, 0.5) is 0 Å². The summed E-state index contributed by atoms with van der Waals surface area (Å²) in [7, 11) is 3.91. The van der Waals surface area contributed by atoms with E-state index in [4.69, 9.17) is 4.74 Å². The van der Waals surface area contributed by atoms with Gasteiger partial charge >= 0.3 is 0 Å². The number of hydrogen-bond acceptors (Lipinski definition) is 6. The standard InChI is InChI=1S/C26H41N5O5/c1-18(2)17-21-26(35)28-14-8-16-36-22-10-6-5-9-19(22)24(33)30-20(11-12-23(32)29-21)25(34)27-13-7-15-31(3)4/h5-6,9-10,18,20-21H,7-8,11-17H2,1-4H3,(H,27,34)(H,28,35)(H,29,32)(H,30,33)/t20-,21?/m0/s1. The van der Waals surface area contributed by atoms with E-state index in [9.17, 15) is 19.2 Å². The van der Waals surface area contributed by atoms with E-state index >= 15 is 0 Å². The van der Waals surface area contributed by atoms with Gasteiger partial charge in [0.15, 0.2) is 0 Å². The van der Waals surface area contributed by atoms with Gasteiger partial charge in [0.05, 0.1) is 12.2 Å². The second-order valence-corrected chi connectivity index (χ2v) is 9.75. The molecule has 10 nitrogen and oxygen atoms in total. The van der Waals surface area contributed by atoms with E-state index in [0.29, 0.717) is 43.9 Å². The van der Waals surface area contributed by atoms with Crippen molar-refractivity contribution in [3.8, 4) is 5.75 Å². The molecule has 0 aromatic heterocycles. The number of benzene rings is 1. The van der Waals surface area contributed by atoms with Crippen LogP contribution in [0.25, 0.3) is 0 Å². The molecule has 0 saturated carbocycles. The summed E-state index contributed by atoms with van der Waals surface area (Å²) in [5.41, 5.74) is 0.306. The topological polar surface area (TPSA) is 129 Å². The van der Waals surface area contributed by atoms with Crippen LogP contribution in [0.15, 0.2) is 24.3 Å². The largest absolute Gasteiger partial charge is 0.493 e. The Hall–Kier alpha value is -3.14. The van der Waals surface area contributed by atoms with E-state index in [1.54, 1.807) is 24.3 Å². The van der Waals surface area contributed by atoms with Crippen LogP contribution in [0.2, 0.25) is 0 Å². The van der Waals surface area contributed by atoms with Crippen molar-refractivity contribution in [3.63, 3.8) is 0 Å². The van der Waals surface area contributed by atoms with Gasteiger partial charge < -0.3 is 30.9 Å². The molecule has 1 aromatic rings. The highest BCUT2D eigenvalue weighted by Gasteiger charge is 2.26. The molecule has 200 valence electrons. The Balaban J connectivity index is 2.21. The first kappa shape index (κ1) is 29.1. The molecule has 0 fully saturated rings. The lowest BCUT2D eigenvalue weighted by Gasteiger charge is -2.23. The molecule has 0 bridgehead atoms. The Morgan fingerprint density at radius 3 is 2.64 bits per heavy atom. The molecule has 1 aromatic carbocycles. The highest BCUT2D eigenvalue weighted by Crippen LogP contribution is 2.19. The number of rotatable bonds is 7. The molecule has 2 rings (SSSR count). The molecule has 0 radical (unpaired) electrons. The number of amides is 4. The smallest absolute Gasteiger partial charge is 0.255 e. The number of fused-ring (bicyclic) bond motifs is 1. The van der Waals surface area contributed by atoms with E-state index in [0.717, 1.165) is 13.0 Å². The highest BCUT2D eigenvalue weighted by atomic mass is 16.5. The predicted molar refractivity (Wildman–Crippen MR) is 138 cm³/mol. The van der Waals surface area contributed by atoms with Gasteiger partial charge in [-0.1, -0.05) is 26.0 Å². The van der Waals surface area contributed by atoms with Gasteiger partial charge in [0, 0.05) is 19.5 Å². The molecule has 1 unspecified atom stereocenters. The number of carbonyl (C=O) groups excluding carboxylic acids is 4. The number of nitrogens with zero attached hydrogens (tertiary/aromatic N) is 1. The summed E-state index contributed by atoms with van der Waals surface area (Å²) in [6.07, 6.45) is 1.85. The molecular formula is C26H41N5O5. The van der Waals surface area contributed by atoms with Gasteiger partial charge in [-0.2, -0.15) is 0 Å². The fourth-order valence-corrected chi connectivity index (χ4v) is 3.85. The molecule has 4 amide bonds. The van der Waals surface area contributed by atoms with E-state index in [1.165, 1.54) is 0 Å². The normalized spacial score (nSPS) is 20.1. The molecule has 36 heavy (non-hydrogen) atoms. The summed E-state index contributed by atoms with van der Waals surface area (Å²) in [6.45, 7) is 5.90. The van der Waals surface area contributed by atoms with Crippen molar-refractivity contribution < 1.29 is 23.9 Å². The van der Waals surface area contributed by atoms with Crippen molar-refractivity contribution in [2.45, 2.75) is 58.0 Å². The molecular weight excluding hydrogens is 462 g/mol. The van der Waals surface area contributed by atoms with Crippen molar-refractivity contribution in [2.24, 2.45) is 5.92 Å². The van der Waals surface area contributed by atoms with E-state index in [-0.39, 0.29) is 36.5 Å². The lowest BCUT2D eigenvalue weighted by atomic mass is 10.0. The van der Waals surface area contributed by atoms with Crippen LogP contribution in [0.3, 0.4) is 0 Å². The van der Waals surface area contributed by atoms with Gasteiger partial charge in [0.2, 0.25) is 17.7 Å². The molecule has 2 atom stereocenters. The minimum absolute atomic E-state index is 0.0178. The van der Waals surface area contributed by atoms with Crippen molar-refractivity contribution in [1.82, 2.24) is 26.2 Å². The number of carbonyl (C=O) groups is 4. The van der Waals surface area contributed by atoms with Crippen LogP contribution in [-0.2, 0) is 14.4 Å². The minimum atomic E-state index is -0.916. The zero-order valence-electron chi connectivity index (χ0n) is 21.9. The first-order valence-corrected chi connectivity index (χ1v) is 12.7. The second kappa shape index (κ2) is 15.1. The monoisotopic (exact) mass is 503 g/mol. The minimum Gasteiger partial charge on any atom is -0.493 e. The Bertz CT molecular complexity index is 889. The van der Waals surface area contributed by atoms with Crippen molar-refractivity contribution in [2.75, 3.05) is 40.3 Å². The summed E-state index contributed by atoms with van der Waals surface area (Å²) < 4.78 is 5.81. The molecule has 4 N–H and O–H groups in total. The number of para-hydroxylation sites is 1. The summed E-state index contributed by atoms with van der Waals surface area (Å²) in [5, 5.41) is 11.3. The first-order valence-electron chi connectivity index (χ1n) is 12.7. The van der Waals surface area contributed by atoms with Crippen LogP contribution in [0.5, 0.6) is 5.75 Å². The Morgan fingerprint density at radius 2 is 1.92 bits per heavy atom. The highest BCUT2D eigenvalue weighted by molar-refractivity contribution is 5.99. The molecule has 0 aliphatic carbocycles. The van der Waals surface area contributed by atoms with Gasteiger partial charge in [0.25, 0.3) is 5.91 Å². The van der Waals surface area contributed by atoms with Crippen molar-refractivity contribution in [1.29, 1.82) is 0 Å². The fourth-order valence-electron chi connectivity index (χ4n) is 3.85. The molecule has 10 heteroatoms.